The van der Waals surface area contributed by atoms with Crippen LogP contribution in [0.3, 0.4) is 0 Å². The minimum Gasteiger partial charge on any atom is -0.356 e. The monoisotopic (exact) mass is 254 g/mol. The van der Waals surface area contributed by atoms with Crippen molar-refractivity contribution in [3.63, 3.8) is 0 Å². The van der Waals surface area contributed by atoms with Crippen LogP contribution in [-0.2, 0) is 4.79 Å². The summed E-state index contributed by atoms with van der Waals surface area (Å²) >= 11 is 0. The zero-order valence-corrected chi connectivity index (χ0v) is 12.5. The lowest BCUT2D eigenvalue weighted by Gasteiger charge is -2.25. The quantitative estimate of drug-likeness (QED) is 0.757. The Bertz CT molecular complexity index is 237. The summed E-state index contributed by atoms with van der Waals surface area (Å²) in [7, 11) is 0. The van der Waals surface area contributed by atoms with Gasteiger partial charge in [-0.1, -0.05) is 27.7 Å². The average Bonchev–Trinajstić information content (AvgIpc) is 2.78. The van der Waals surface area contributed by atoms with E-state index in [-0.39, 0.29) is 5.91 Å². The highest BCUT2D eigenvalue weighted by atomic mass is 16.1. The standard InChI is InChI=1S/C15H30N2O/c1-12(2)14(13(3)4)11-16-15(18)7-10-17-8-5-6-9-17/h12-14H,5-11H2,1-4H3,(H,16,18). The van der Waals surface area contributed by atoms with Gasteiger partial charge in [0.15, 0.2) is 0 Å². The minimum atomic E-state index is 0.216. The van der Waals surface area contributed by atoms with Crippen LogP contribution in [0.1, 0.15) is 47.0 Å². The molecule has 1 aliphatic heterocycles. The molecule has 1 heterocycles. The first-order valence-electron chi connectivity index (χ1n) is 7.49. The van der Waals surface area contributed by atoms with Crippen molar-refractivity contribution < 1.29 is 4.79 Å². The van der Waals surface area contributed by atoms with Crippen LogP contribution in [0.15, 0.2) is 0 Å². The Hall–Kier alpha value is -0.570. The molecule has 1 aliphatic rings. The highest BCUT2D eigenvalue weighted by molar-refractivity contribution is 5.76. The fraction of sp³-hybridized carbons (Fsp3) is 0.933. The molecule has 3 nitrogen and oxygen atoms in total. The van der Waals surface area contributed by atoms with Gasteiger partial charge in [0.05, 0.1) is 0 Å². The lowest BCUT2D eigenvalue weighted by atomic mass is 9.85. The van der Waals surface area contributed by atoms with Crippen LogP contribution >= 0.6 is 0 Å². The topological polar surface area (TPSA) is 32.3 Å². The van der Waals surface area contributed by atoms with Crippen molar-refractivity contribution in [2.75, 3.05) is 26.2 Å². The predicted octanol–water partition coefficient (Wildman–Crippen LogP) is 2.52. The van der Waals surface area contributed by atoms with E-state index >= 15 is 0 Å². The normalized spacial score (nSPS) is 17.1. The molecule has 0 aliphatic carbocycles. The third kappa shape index (κ3) is 5.38. The van der Waals surface area contributed by atoms with E-state index in [4.69, 9.17) is 0 Å². The van der Waals surface area contributed by atoms with Gasteiger partial charge in [-0.15, -0.1) is 0 Å². The third-order valence-corrected chi connectivity index (χ3v) is 4.10. The smallest absolute Gasteiger partial charge is 0.221 e. The molecule has 0 spiro atoms. The van der Waals surface area contributed by atoms with Crippen LogP contribution in [0.4, 0.5) is 0 Å². The van der Waals surface area contributed by atoms with Crippen molar-refractivity contribution >= 4 is 5.91 Å². The number of carbonyl (C=O) groups is 1. The Morgan fingerprint density at radius 2 is 1.67 bits per heavy atom. The molecule has 0 saturated carbocycles. The molecule has 1 saturated heterocycles. The largest absolute Gasteiger partial charge is 0.356 e. The summed E-state index contributed by atoms with van der Waals surface area (Å²) in [5.41, 5.74) is 0. The van der Waals surface area contributed by atoms with E-state index in [1.54, 1.807) is 0 Å². The first-order chi connectivity index (χ1) is 8.50. The summed E-state index contributed by atoms with van der Waals surface area (Å²) in [5.74, 6) is 2.06. The molecule has 0 atom stereocenters. The molecule has 0 bridgehead atoms. The zero-order chi connectivity index (χ0) is 13.5. The molecule has 1 N–H and O–H groups in total. The van der Waals surface area contributed by atoms with Gasteiger partial charge in [0, 0.05) is 19.5 Å². The molecule has 3 heteroatoms. The summed E-state index contributed by atoms with van der Waals surface area (Å²) in [4.78, 5) is 14.2. The molecule has 0 radical (unpaired) electrons. The molecule has 0 aromatic rings. The van der Waals surface area contributed by atoms with Crippen LogP contribution in [0.5, 0.6) is 0 Å². The lowest BCUT2D eigenvalue weighted by molar-refractivity contribution is -0.121. The van der Waals surface area contributed by atoms with Crippen molar-refractivity contribution in [3.05, 3.63) is 0 Å². The summed E-state index contributed by atoms with van der Waals surface area (Å²) in [6.07, 6.45) is 3.25. The Labute approximate surface area is 112 Å². The number of hydrogen-bond donors (Lipinski definition) is 1. The number of carbonyl (C=O) groups excluding carboxylic acids is 1. The van der Waals surface area contributed by atoms with Gasteiger partial charge in [0.25, 0.3) is 0 Å². The highest BCUT2D eigenvalue weighted by Gasteiger charge is 2.18. The van der Waals surface area contributed by atoms with Crippen LogP contribution in [0.25, 0.3) is 0 Å². The van der Waals surface area contributed by atoms with Crippen molar-refractivity contribution in [2.24, 2.45) is 17.8 Å². The number of rotatable bonds is 7. The first kappa shape index (κ1) is 15.5. The maximum Gasteiger partial charge on any atom is 0.221 e. The number of likely N-dealkylation sites (tertiary alicyclic amines) is 1. The van der Waals surface area contributed by atoms with Crippen LogP contribution in [0, 0.1) is 17.8 Å². The van der Waals surface area contributed by atoms with Gasteiger partial charge in [-0.3, -0.25) is 4.79 Å². The van der Waals surface area contributed by atoms with E-state index in [0.29, 0.717) is 24.2 Å². The first-order valence-corrected chi connectivity index (χ1v) is 7.49. The minimum absolute atomic E-state index is 0.216. The number of nitrogens with one attached hydrogen (secondary N) is 1. The van der Waals surface area contributed by atoms with Gasteiger partial charge >= 0.3 is 0 Å². The van der Waals surface area contributed by atoms with Gasteiger partial charge in [-0.2, -0.15) is 0 Å². The maximum atomic E-state index is 11.8. The zero-order valence-electron chi connectivity index (χ0n) is 12.5. The summed E-state index contributed by atoms with van der Waals surface area (Å²) in [5, 5.41) is 3.10. The van der Waals surface area contributed by atoms with Crippen molar-refractivity contribution in [1.82, 2.24) is 10.2 Å². The van der Waals surface area contributed by atoms with E-state index in [1.165, 1.54) is 25.9 Å². The van der Waals surface area contributed by atoms with Crippen molar-refractivity contribution in [1.29, 1.82) is 0 Å². The fourth-order valence-corrected chi connectivity index (χ4v) is 2.83. The average molecular weight is 254 g/mol. The maximum absolute atomic E-state index is 11.8. The predicted molar refractivity (Wildman–Crippen MR) is 76.5 cm³/mol. The second-order valence-corrected chi connectivity index (χ2v) is 6.25. The van der Waals surface area contributed by atoms with E-state index in [0.717, 1.165) is 13.1 Å². The SMILES string of the molecule is CC(C)C(CNC(=O)CCN1CCCC1)C(C)C. The van der Waals surface area contributed by atoms with Gasteiger partial charge in [-0.25, -0.2) is 0 Å². The van der Waals surface area contributed by atoms with E-state index in [9.17, 15) is 4.79 Å². The van der Waals surface area contributed by atoms with Crippen molar-refractivity contribution in [2.45, 2.75) is 47.0 Å². The summed E-state index contributed by atoms with van der Waals surface area (Å²) in [6, 6.07) is 0. The number of amides is 1. The highest BCUT2D eigenvalue weighted by Crippen LogP contribution is 2.19. The summed E-state index contributed by atoms with van der Waals surface area (Å²) < 4.78 is 0. The van der Waals surface area contributed by atoms with Gasteiger partial charge in [-0.05, 0) is 43.7 Å². The van der Waals surface area contributed by atoms with E-state index < -0.39 is 0 Å². The molecule has 0 aromatic heterocycles. The number of nitrogens with zero attached hydrogens (tertiary/aromatic N) is 1. The Morgan fingerprint density at radius 1 is 1.11 bits per heavy atom. The van der Waals surface area contributed by atoms with Crippen LogP contribution in [-0.4, -0.2) is 37.0 Å². The van der Waals surface area contributed by atoms with Crippen molar-refractivity contribution in [3.8, 4) is 0 Å². The molecule has 0 aromatic carbocycles. The lowest BCUT2D eigenvalue weighted by Crippen LogP contribution is -2.35. The number of hydrogen-bond acceptors (Lipinski definition) is 2. The Kier molecular flexibility index (Phi) is 6.69. The Balaban J connectivity index is 2.18. The second-order valence-electron chi connectivity index (χ2n) is 6.25. The molecular weight excluding hydrogens is 224 g/mol. The van der Waals surface area contributed by atoms with E-state index in [1.807, 2.05) is 0 Å². The third-order valence-electron chi connectivity index (χ3n) is 4.10. The fourth-order valence-electron chi connectivity index (χ4n) is 2.83. The van der Waals surface area contributed by atoms with Gasteiger partial charge in [0.1, 0.15) is 0 Å². The van der Waals surface area contributed by atoms with Crippen LogP contribution < -0.4 is 5.32 Å². The molecule has 0 unspecified atom stereocenters. The molecule has 1 fully saturated rings. The molecule has 1 rings (SSSR count). The molecule has 106 valence electrons. The Morgan fingerprint density at radius 3 is 2.17 bits per heavy atom. The summed E-state index contributed by atoms with van der Waals surface area (Å²) in [6.45, 7) is 13.1. The molecule has 18 heavy (non-hydrogen) atoms. The molecule has 1 amide bonds. The van der Waals surface area contributed by atoms with Crippen LogP contribution in [0.2, 0.25) is 0 Å². The van der Waals surface area contributed by atoms with E-state index in [2.05, 4.69) is 37.9 Å². The second kappa shape index (κ2) is 7.78. The van der Waals surface area contributed by atoms with Gasteiger partial charge in [0.2, 0.25) is 5.91 Å². The van der Waals surface area contributed by atoms with Gasteiger partial charge < -0.3 is 10.2 Å². The molecular formula is C15H30N2O.